The van der Waals surface area contributed by atoms with E-state index in [1.807, 2.05) is 18.7 Å². The molecule has 1 aliphatic rings. The number of carbonyl (C=O) groups is 2. The average molecular weight is 340 g/mol. The van der Waals surface area contributed by atoms with Gasteiger partial charge in [-0.15, -0.1) is 0 Å². The van der Waals surface area contributed by atoms with Crippen LogP contribution in [0, 0.1) is 0 Å². The number of hydrogen-bond acceptors (Lipinski definition) is 2. The Morgan fingerprint density at radius 2 is 1.33 bits per heavy atom. The van der Waals surface area contributed by atoms with Crippen molar-refractivity contribution in [2.75, 3.05) is 6.54 Å². The summed E-state index contributed by atoms with van der Waals surface area (Å²) >= 11 is 0. The highest BCUT2D eigenvalue weighted by Gasteiger charge is 2.43. The van der Waals surface area contributed by atoms with Gasteiger partial charge in [-0.1, -0.05) is 78.6 Å². The molecule has 1 fully saturated rings. The minimum atomic E-state index is -0.494. The number of amides is 1. The maximum Gasteiger partial charge on any atom is 0.220 e. The Hall–Kier alpha value is -0.860. The van der Waals surface area contributed by atoms with E-state index in [-0.39, 0.29) is 11.7 Å². The number of Topliss-reactive ketones (excluding diaryl/α,β-unsaturated/α-hetero) is 1. The quantitative estimate of drug-likeness (QED) is 0.464. The summed E-state index contributed by atoms with van der Waals surface area (Å²) in [7, 11) is 0. The van der Waals surface area contributed by atoms with Gasteiger partial charge in [-0.25, -0.2) is 0 Å². The van der Waals surface area contributed by atoms with Crippen LogP contribution in [0.5, 0.6) is 0 Å². The molecule has 3 heteroatoms. The zero-order valence-electron chi connectivity index (χ0n) is 17.0. The van der Waals surface area contributed by atoms with Crippen LogP contribution in [-0.4, -0.2) is 28.7 Å². The second-order valence-electron chi connectivity index (χ2n) is 6.94. The smallest absolute Gasteiger partial charge is 0.220 e. The van der Waals surface area contributed by atoms with E-state index in [4.69, 9.17) is 0 Å². The Balaban J connectivity index is 0.00000254. The topological polar surface area (TPSA) is 37.4 Å². The fraction of sp³-hybridized carbons (Fsp3) is 0.905. The molecule has 0 saturated heterocycles. The van der Waals surface area contributed by atoms with E-state index in [2.05, 4.69) is 6.92 Å². The van der Waals surface area contributed by atoms with E-state index >= 15 is 0 Å². The SMILES string of the molecule is CC.CCCCCCCCCN(C(C)=O)C1(C(C)=O)CCCCC1. The molecule has 0 heterocycles. The Kier molecular flexibility index (Phi) is 13.0. The first-order valence-corrected chi connectivity index (χ1v) is 10.3. The lowest BCUT2D eigenvalue weighted by atomic mass is 9.77. The molecule has 0 spiro atoms. The van der Waals surface area contributed by atoms with E-state index < -0.39 is 5.54 Å². The third kappa shape index (κ3) is 7.36. The van der Waals surface area contributed by atoms with Crippen molar-refractivity contribution < 1.29 is 9.59 Å². The number of hydrogen-bond donors (Lipinski definition) is 0. The third-order valence-electron chi connectivity index (χ3n) is 5.22. The van der Waals surface area contributed by atoms with E-state index in [9.17, 15) is 9.59 Å². The number of carbonyl (C=O) groups excluding carboxylic acids is 2. The van der Waals surface area contributed by atoms with Gasteiger partial charge in [-0.2, -0.15) is 0 Å². The van der Waals surface area contributed by atoms with Crippen LogP contribution >= 0.6 is 0 Å². The number of rotatable bonds is 10. The van der Waals surface area contributed by atoms with Crippen molar-refractivity contribution in [2.45, 2.75) is 117 Å². The lowest BCUT2D eigenvalue weighted by molar-refractivity contribution is -0.146. The van der Waals surface area contributed by atoms with Crippen molar-refractivity contribution in [3.8, 4) is 0 Å². The highest BCUT2D eigenvalue weighted by Crippen LogP contribution is 2.35. The van der Waals surface area contributed by atoms with Crippen molar-refractivity contribution in [1.82, 2.24) is 4.90 Å². The largest absolute Gasteiger partial charge is 0.330 e. The van der Waals surface area contributed by atoms with Gasteiger partial charge in [0.2, 0.25) is 5.91 Å². The molecule has 0 atom stereocenters. The average Bonchev–Trinajstić information content (AvgIpc) is 2.59. The molecule has 0 aromatic carbocycles. The molecule has 24 heavy (non-hydrogen) atoms. The van der Waals surface area contributed by atoms with Crippen LogP contribution in [0.4, 0.5) is 0 Å². The molecule has 0 N–H and O–H groups in total. The Morgan fingerprint density at radius 3 is 1.79 bits per heavy atom. The van der Waals surface area contributed by atoms with Gasteiger partial charge in [0, 0.05) is 13.5 Å². The van der Waals surface area contributed by atoms with E-state index in [0.717, 1.165) is 38.6 Å². The number of nitrogens with zero attached hydrogens (tertiary/aromatic N) is 1. The summed E-state index contributed by atoms with van der Waals surface area (Å²) in [5, 5.41) is 0. The molecule has 0 aromatic heterocycles. The summed E-state index contributed by atoms with van der Waals surface area (Å²) in [5.41, 5.74) is -0.494. The van der Waals surface area contributed by atoms with Gasteiger partial charge in [-0.05, 0) is 26.2 Å². The maximum atomic E-state index is 12.3. The fourth-order valence-electron chi connectivity index (χ4n) is 3.85. The minimum Gasteiger partial charge on any atom is -0.330 e. The molecular formula is C21H41NO2. The van der Waals surface area contributed by atoms with Crippen LogP contribution in [0.3, 0.4) is 0 Å². The highest BCUT2D eigenvalue weighted by atomic mass is 16.2. The summed E-state index contributed by atoms with van der Waals surface area (Å²) in [6, 6.07) is 0. The van der Waals surface area contributed by atoms with Gasteiger partial charge in [-0.3, -0.25) is 9.59 Å². The molecule has 3 nitrogen and oxygen atoms in total. The molecular weight excluding hydrogens is 298 g/mol. The van der Waals surface area contributed by atoms with Crippen LogP contribution in [0.2, 0.25) is 0 Å². The van der Waals surface area contributed by atoms with Crippen LogP contribution in [0.25, 0.3) is 0 Å². The van der Waals surface area contributed by atoms with Gasteiger partial charge in [0.25, 0.3) is 0 Å². The molecule has 0 aliphatic heterocycles. The second-order valence-corrected chi connectivity index (χ2v) is 6.94. The predicted molar refractivity (Wildman–Crippen MR) is 103 cm³/mol. The molecule has 0 aromatic rings. The third-order valence-corrected chi connectivity index (χ3v) is 5.22. The Bertz CT molecular complexity index is 346. The zero-order valence-corrected chi connectivity index (χ0v) is 17.0. The number of unbranched alkanes of at least 4 members (excludes halogenated alkanes) is 6. The van der Waals surface area contributed by atoms with Gasteiger partial charge in [0.15, 0.2) is 5.78 Å². The van der Waals surface area contributed by atoms with Crippen molar-refractivity contribution in [1.29, 1.82) is 0 Å². The molecule has 1 rings (SSSR count). The first kappa shape index (κ1) is 23.1. The lowest BCUT2D eigenvalue weighted by Crippen LogP contribution is -2.57. The Morgan fingerprint density at radius 1 is 0.833 bits per heavy atom. The summed E-state index contributed by atoms with van der Waals surface area (Å²) in [6.45, 7) is 10.3. The summed E-state index contributed by atoms with van der Waals surface area (Å²) in [6.07, 6.45) is 13.7. The van der Waals surface area contributed by atoms with Crippen molar-refractivity contribution >= 4 is 11.7 Å². The van der Waals surface area contributed by atoms with E-state index in [1.165, 1.54) is 44.9 Å². The lowest BCUT2D eigenvalue weighted by Gasteiger charge is -2.44. The zero-order chi connectivity index (χ0) is 18.4. The fourth-order valence-corrected chi connectivity index (χ4v) is 3.85. The maximum absolute atomic E-state index is 12.3. The Labute approximate surface area is 150 Å². The van der Waals surface area contributed by atoms with Gasteiger partial charge in [0.1, 0.15) is 5.54 Å². The normalized spacial score (nSPS) is 16.0. The van der Waals surface area contributed by atoms with E-state index in [0.29, 0.717) is 0 Å². The van der Waals surface area contributed by atoms with Crippen LogP contribution in [-0.2, 0) is 9.59 Å². The standard InChI is InChI=1S/C19H35NO2.C2H6/c1-4-5-6-7-8-9-13-16-20(18(3)22)19(17(2)21)14-11-10-12-15-19;1-2/h4-16H2,1-3H3;1-2H3. The van der Waals surface area contributed by atoms with Crippen LogP contribution in [0.1, 0.15) is 112 Å². The van der Waals surface area contributed by atoms with Gasteiger partial charge >= 0.3 is 0 Å². The molecule has 142 valence electrons. The molecule has 0 radical (unpaired) electrons. The van der Waals surface area contributed by atoms with Crippen LogP contribution in [0.15, 0.2) is 0 Å². The van der Waals surface area contributed by atoms with Crippen molar-refractivity contribution in [3.63, 3.8) is 0 Å². The summed E-state index contributed by atoms with van der Waals surface area (Å²) < 4.78 is 0. The van der Waals surface area contributed by atoms with Gasteiger partial charge < -0.3 is 4.90 Å². The van der Waals surface area contributed by atoms with E-state index in [1.54, 1.807) is 13.8 Å². The summed E-state index contributed by atoms with van der Waals surface area (Å²) in [4.78, 5) is 26.3. The molecule has 0 unspecified atom stereocenters. The minimum absolute atomic E-state index is 0.0723. The first-order chi connectivity index (χ1) is 11.5. The van der Waals surface area contributed by atoms with Crippen molar-refractivity contribution in [3.05, 3.63) is 0 Å². The van der Waals surface area contributed by atoms with Crippen LogP contribution < -0.4 is 0 Å². The summed E-state index contributed by atoms with van der Waals surface area (Å²) in [5.74, 6) is 0.258. The van der Waals surface area contributed by atoms with Crippen molar-refractivity contribution in [2.24, 2.45) is 0 Å². The van der Waals surface area contributed by atoms with Gasteiger partial charge in [0.05, 0.1) is 0 Å². The second kappa shape index (κ2) is 13.4. The molecule has 0 bridgehead atoms. The molecule has 1 amide bonds. The number of ketones is 1. The molecule has 1 saturated carbocycles. The first-order valence-electron chi connectivity index (χ1n) is 10.3. The highest BCUT2D eigenvalue weighted by molar-refractivity contribution is 5.90. The monoisotopic (exact) mass is 339 g/mol. The molecule has 1 aliphatic carbocycles. The predicted octanol–water partition coefficient (Wildman–Crippen LogP) is 5.90.